The third-order valence-electron chi connectivity index (χ3n) is 3.91. The third kappa shape index (κ3) is 5.33. The van der Waals surface area contributed by atoms with Gasteiger partial charge in [0.05, 0.1) is 18.2 Å². The van der Waals surface area contributed by atoms with Crippen LogP contribution in [0.4, 0.5) is 4.79 Å². The molecule has 1 aromatic carbocycles. The quantitative estimate of drug-likeness (QED) is 0.882. The Morgan fingerprint density at radius 1 is 1.22 bits per heavy atom. The molecule has 1 fully saturated rings. The second-order valence-corrected chi connectivity index (χ2v) is 6.04. The largest absolute Gasteiger partial charge is 0.373 e. The fraction of sp³-hybridized carbons (Fsp3) is 0.529. The van der Waals surface area contributed by atoms with Gasteiger partial charge >= 0.3 is 6.03 Å². The molecule has 0 unspecified atom stereocenters. The minimum absolute atomic E-state index is 0.0842. The van der Waals surface area contributed by atoms with Crippen molar-refractivity contribution in [3.05, 3.63) is 35.9 Å². The molecule has 3 atom stereocenters. The number of imide groups is 1. The number of urea groups is 1. The summed E-state index contributed by atoms with van der Waals surface area (Å²) < 4.78 is 5.66. The van der Waals surface area contributed by atoms with Crippen molar-refractivity contribution in [2.24, 2.45) is 0 Å². The van der Waals surface area contributed by atoms with Crippen molar-refractivity contribution in [3.63, 3.8) is 0 Å². The van der Waals surface area contributed by atoms with Crippen LogP contribution in [0, 0.1) is 0 Å². The number of carbonyl (C=O) groups is 2. The van der Waals surface area contributed by atoms with Crippen LogP contribution in [-0.4, -0.2) is 48.2 Å². The van der Waals surface area contributed by atoms with Crippen LogP contribution in [-0.2, 0) is 16.1 Å². The maximum absolute atomic E-state index is 12.2. The second kappa shape index (κ2) is 8.08. The van der Waals surface area contributed by atoms with Gasteiger partial charge in [-0.1, -0.05) is 30.3 Å². The van der Waals surface area contributed by atoms with Crippen molar-refractivity contribution in [2.75, 3.05) is 13.1 Å². The molecule has 2 rings (SSSR count). The first-order chi connectivity index (χ1) is 11.0. The van der Waals surface area contributed by atoms with Gasteiger partial charge < -0.3 is 10.1 Å². The maximum atomic E-state index is 12.2. The van der Waals surface area contributed by atoms with Crippen molar-refractivity contribution < 1.29 is 14.3 Å². The molecular formula is C17H25N3O3. The molecule has 1 aromatic rings. The molecule has 0 bridgehead atoms. The highest BCUT2D eigenvalue weighted by molar-refractivity contribution is 5.96. The van der Waals surface area contributed by atoms with Crippen LogP contribution in [0.3, 0.4) is 0 Å². The molecule has 0 saturated carbocycles. The summed E-state index contributed by atoms with van der Waals surface area (Å²) in [7, 11) is 0. The third-order valence-corrected chi connectivity index (χ3v) is 3.91. The number of rotatable bonds is 4. The molecule has 1 heterocycles. The molecule has 6 heteroatoms. The number of ether oxygens (including phenoxy) is 1. The molecule has 2 N–H and O–H groups in total. The SMILES string of the molecule is C[C@H]1CN([C@@H](C)C(=O)NC(=O)NCc2ccccc2)C[C@H](C)O1. The fourth-order valence-corrected chi connectivity index (χ4v) is 2.74. The van der Waals surface area contributed by atoms with Crippen molar-refractivity contribution in [1.29, 1.82) is 0 Å². The number of amides is 3. The Morgan fingerprint density at radius 3 is 2.43 bits per heavy atom. The van der Waals surface area contributed by atoms with E-state index >= 15 is 0 Å². The maximum Gasteiger partial charge on any atom is 0.321 e. The Labute approximate surface area is 137 Å². The predicted octanol–water partition coefficient (Wildman–Crippen LogP) is 1.51. The lowest BCUT2D eigenvalue weighted by atomic mass is 10.1. The van der Waals surface area contributed by atoms with Gasteiger partial charge in [-0.3, -0.25) is 15.0 Å². The number of carbonyl (C=O) groups excluding carboxylic acids is 2. The summed E-state index contributed by atoms with van der Waals surface area (Å²) in [6.45, 7) is 7.54. The van der Waals surface area contributed by atoms with Crippen molar-refractivity contribution in [2.45, 2.75) is 45.6 Å². The lowest BCUT2D eigenvalue weighted by molar-refractivity contribution is -0.130. The van der Waals surface area contributed by atoms with E-state index in [1.54, 1.807) is 0 Å². The van der Waals surface area contributed by atoms with Crippen molar-refractivity contribution >= 4 is 11.9 Å². The van der Waals surface area contributed by atoms with Crippen LogP contribution in [0.25, 0.3) is 0 Å². The number of benzene rings is 1. The first kappa shape index (κ1) is 17.4. The lowest BCUT2D eigenvalue weighted by Crippen LogP contribution is -2.55. The Balaban J connectivity index is 1.79. The summed E-state index contributed by atoms with van der Waals surface area (Å²) in [5.41, 5.74) is 0.985. The van der Waals surface area contributed by atoms with Gasteiger partial charge in [0, 0.05) is 19.6 Å². The molecule has 0 aliphatic carbocycles. The summed E-state index contributed by atoms with van der Waals surface area (Å²) in [5, 5.41) is 5.10. The summed E-state index contributed by atoms with van der Waals surface area (Å²) >= 11 is 0. The number of nitrogens with zero attached hydrogens (tertiary/aromatic N) is 1. The highest BCUT2D eigenvalue weighted by atomic mass is 16.5. The molecule has 0 aromatic heterocycles. The van der Waals surface area contributed by atoms with Gasteiger partial charge in [0.25, 0.3) is 0 Å². The van der Waals surface area contributed by atoms with Gasteiger partial charge in [-0.05, 0) is 26.3 Å². The Kier molecular flexibility index (Phi) is 6.12. The van der Waals surface area contributed by atoms with E-state index in [9.17, 15) is 9.59 Å². The molecule has 1 aliphatic heterocycles. The van der Waals surface area contributed by atoms with Gasteiger partial charge in [-0.15, -0.1) is 0 Å². The summed E-state index contributed by atoms with van der Waals surface area (Å²) in [6, 6.07) is 8.72. The number of hydrogen-bond donors (Lipinski definition) is 2. The van der Waals surface area contributed by atoms with Gasteiger partial charge in [0.1, 0.15) is 0 Å². The van der Waals surface area contributed by atoms with Crippen LogP contribution < -0.4 is 10.6 Å². The van der Waals surface area contributed by atoms with E-state index in [1.165, 1.54) is 0 Å². The molecule has 0 spiro atoms. The average Bonchev–Trinajstić information content (AvgIpc) is 2.52. The predicted molar refractivity (Wildman–Crippen MR) is 87.9 cm³/mol. The zero-order valence-electron chi connectivity index (χ0n) is 13.9. The number of hydrogen-bond acceptors (Lipinski definition) is 4. The smallest absolute Gasteiger partial charge is 0.321 e. The Bertz CT molecular complexity index is 525. The van der Waals surface area contributed by atoms with E-state index < -0.39 is 6.03 Å². The first-order valence-corrected chi connectivity index (χ1v) is 7.98. The van der Waals surface area contributed by atoms with Gasteiger partial charge in [-0.25, -0.2) is 4.79 Å². The molecule has 23 heavy (non-hydrogen) atoms. The van der Waals surface area contributed by atoms with E-state index in [4.69, 9.17) is 4.74 Å². The van der Waals surface area contributed by atoms with Crippen molar-refractivity contribution in [3.8, 4) is 0 Å². The van der Waals surface area contributed by atoms with E-state index in [0.717, 1.165) is 5.56 Å². The Morgan fingerprint density at radius 2 is 1.83 bits per heavy atom. The summed E-state index contributed by atoms with van der Waals surface area (Å²) in [5.74, 6) is -0.295. The van der Waals surface area contributed by atoms with Gasteiger partial charge in [0.15, 0.2) is 0 Å². The molecule has 3 amide bonds. The highest BCUT2D eigenvalue weighted by Gasteiger charge is 2.29. The second-order valence-electron chi connectivity index (χ2n) is 6.04. The van der Waals surface area contributed by atoms with Crippen LogP contribution in [0.5, 0.6) is 0 Å². The zero-order valence-corrected chi connectivity index (χ0v) is 13.9. The molecule has 126 valence electrons. The number of morpholine rings is 1. The molecule has 0 radical (unpaired) electrons. The molecular weight excluding hydrogens is 294 g/mol. The normalized spacial score (nSPS) is 23.1. The lowest BCUT2D eigenvalue weighted by Gasteiger charge is -2.38. The fourth-order valence-electron chi connectivity index (χ4n) is 2.74. The summed E-state index contributed by atoms with van der Waals surface area (Å²) in [4.78, 5) is 26.1. The first-order valence-electron chi connectivity index (χ1n) is 7.98. The molecule has 1 saturated heterocycles. The van der Waals surface area contributed by atoms with E-state index in [0.29, 0.717) is 19.6 Å². The van der Waals surface area contributed by atoms with Crippen LogP contribution in [0.1, 0.15) is 26.3 Å². The van der Waals surface area contributed by atoms with Gasteiger partial charge in [-0.2, -0.15) is 0 Å². The highest BCUT2D eigenvalue weighted by Crippen LogP contribution is 2.13. The van der Waals surface area contributed by atoms with Gasteiger partial charge in [0.2, 0.25) is 5.91 Å². The van der Waals surface area contributed by atoms with E-state index in [1.807, 2.05) is 56.0 Å². The topological polar surface area (TPSA) is 70.7 Å². The van der Waals surface area contributed by atoms with E-state index in [2.05, 4.69) is 10.6 Å². The monoisotopic (exact) mass is 319 g/mol. The molecule has 6 nitrogen and oxygen atoms in total. The number of nitrogens with one attached hydrogen (secondary N) is 2. The summed E-state index contributed by atoms with van der Waals surface area (Å²) in [6.07, 6.45) is 0.168. The van der Waals surface area contributed by atoms with Crippen LogP contribution in [0.15, 0.2) is 30.3 Å². The standard InChI is InChI=1S/C17H25N3O3/c1-12-10-20(11-13(2)23-12)14(3)16(21)19-17(22)18-9-15-7-5-4-6-8-15/h4-8,12-14H,9-11H2,1-3H3,(H2,18,19,21,22)/t12-,13-,14-/m0/s1. The molecule has 1 aliphatic rings. The van der Waals surface area contributed by atoms with Crippen LogP contribution >= 0.6 is 0 Å². The minimum atomic E-state index is -0.472. The Hall–Kier alpha value is -1.92. The van der Waals surface area contributed by atoms with E-state index in [-0.39, 0.29) is 24.2 Å². The average molecular weight is 319 g/mol. The minimum Gasteiger partial charge on any atom is -0.373 e. The zero-order chi connectivity index (χ0) is 16.8. The van der Waals surface area contributed by atoms with Crippen LogP contribution in [0.2, 0.25) is 0 Å². The van der Waals surface area contributed by atoms with Crippen molar-refractivity contribution in [1.82, 2.24) is 15.5 Å².